The fraction of sp³-hybridized carbons (Fsp3) is 0.321. The Labute approximate surface area is 212 Å². The van der Waals surface area contributed by atoms with Crippen LogP contribution < -0.4 is 14.4 Å². The Morgan fingerprint density at radius 1 is 1.03 bits per heavy atom. The monoisotopic (exact) mass is 510 g/mol. The number of hydrogen-bond donors (Lipinski definition) is 1. The van der Waals surface area contributed by atoms with Crippen molar-refractivity contribution in [2.45, 2.75) is 51.3 Å². The number of nitrogens with one attached hydrogen (secondary N) is 1. The van der Waals surface area contributed by atoms with Gasteiger partial charge in [-0.15, -0.1) is 0 Å². The topological polar surface area (TPSA) is 75.7 Å². The van der Waals surface area contributed by atoms with Gasteiger partial charge in [0.25, 0.3) is 5.91 Å². The van der Waals surface area contributed by atoms with Crippen molar-refractivity contribution in [2.75, 3.05) is 10.6 Å². The van der Waals surface area contributed by atoms with Gasteiger partial charge in [0.1, 0.15) is 17.2 Å². The smallest absolute Gasteiger partial charge is 0.251 e. The van der Waals surface area contributed by atoms with E-state index in [2.05, 4.69) is 19.2 Å². The van der Waals surface area contributed by atoms with Crippen LogP contribution in [-0.4, -0.2) is 26.2 Å². The Balaban J connectivity index is 1.53. The van der Waals surface area contributed by atoms with E-state index < -0.39 is 15.8 Å². The number of sulfonamides is 1. The molecule has 1 aliphatic heterocycles. The second-order valence-corrected chi connectivity index (χ2v) is 11.1. The van der Waals surface area contributed by atoms with Crippen molar-refractivity contribution in [1.29, 1.82) is 0 Å². The number of fused-ring (bicyclic) bond motifs is 1. The minimum atomic E-state index is -3.73. The first-order chi connectivity index (χ1) is 17.2. The first-order valence-electron chi connectivity index (χ1n) is 12.1. The molecule has 3 aromatic carbocycles. The third kappa shape index (κ3) is 5.38. The molecule has 0 fully saturated rings. The highest BCUT2D eigenvalue weighted by Gasteiger charge is 2.39. The van der Waals surface area contributed by atoms with Gasteiger partial charge in [-0.2, -0.15) is 0 Å². The van der Waals surface area contributed by atoms with Gasteiger partial charge in [0, 0.05) is 17.5 Å². The molecule has 0 spiro atoms. The van der Waals surface area contributed by atoms with E-state index in [1.807, 2.05) is 24.3 Å². The van der Waals surface area contributed by atoms with Crippen molar-refractivity contribution in [1.82, 2.24) is 5.32 Å². The highest BCUT2D eigenvalue weighted by molar-refractivity contribution is 7.92. The molecule has 0 radical (unpaired) electrons. The van der Waals surface area contributed by atoms with Gasteiger partial charge >= 0.3 is 0 Å². The number of anilines is 1. The summed E-state index contributed by atoms with van der Waals surface area (Å²) in [6.07, 6.45) is 3.38. The van der Waals surface area contributed by atoms with E-state index in [1.54, 1.807) is 30.3 Å². The summed E-state index contributed by atoms with van der Waals surface area (Å²) in [7, 11) is -3.73. The molecule has 3 aromatic rings. The molecule has 0 aromatic heterocycles. The molecule has 6 nitrogen and oxygen atoms in total. The number of ether oxygens (including phenoxy) is 1. The van der Waals surface area contributed by atoms with Crippen LogP contribution in [0.25, 0.3) is 0 Å². The van der Waals surface area contributed by atoms with Gasteiger partial charge in [0.2, 0.25) is 10.0 Å². The molecule has 4 rings (SSSR count). The van der Waals surface area contributed by atoms with Crippen molar-refractivity contribution in [3.63, 3.8) is 0 Å². The summed E-state index contributed by atoms with van der Waals surface area (Å²) in [5.41, 5.74) is 1.69. The Morgan fingerprint density at radius 3 is 2.31 bits per heavy atom. The summed E-state index contributed by atoms with van der Waals surface area (Å²) in [4.78, 5) is 13.2. The molecule has 1 amide bonds. The summed E-state index contributed by atoms with van der Waals surface area (Å²) < 4.78 is 46.4. The molecule has 1 atom stereocenters. The van der Waals surface area contributed by atoms with E-state index in [1.165, 1.54) is 18.2 Å². The summed E-state index contributed by atoms with van der Waals surface area (Å²) in [6.45, 7) is 4.14. The Bertz CT molecular complexity index is 1340. The van der Waals surface area contributed by atoms with Crippen molar-refractivity contribution in [3.05, 3.63) is 95.3 Å². The highest BCUT2D eigenvalue weighted by Crippen LogP contribution is 2.42. The first kappa shape index (κ1) is 25.7. The van der Waals surface area contributed by atoms with Gasteiger partial charge in [0.15, 0.2) is 0 Å². The van der Waals surface area contributed by atoms with Crippen LogP contribution in [0, 0.1) is 5.82 Å². The average molecular weight is 511 g/mol. The average Bonchev–Trinajstić information content (AvgIpc) is 2.87. The Morgan fingerprint density at radius 2 is 1.67 bits per heavy atom. The number of carbonyl (C=O) groups is 1. The third-order valence-corrected chi connectivity index (χ3v) is 7.98. The lowest BCUT2D eigenvalue weighted by atomic mass is 9.83. The number of rotatable bonds is 8. The minimum absolute atomic E-state index is 0.0182. The third-order valence-electron chi connectivity index (χ3n) is 6.85. The fourth-order valence-corrected chi connectivity index (χ4v) is 5.52. The number of carbonyl (C=O) groups excluding carboxylic acids is 1. The van der Waals surface area contributed by atoms with Gasteiger partial charge < -0.3 is 10.1 Å². The number of nitrogens with zero attached hydrogens (tertiary/aromatic N) is 1. The molecule has 36 heavy (non-hydrogen) atoms. The normalized spacial score (nSPS) is 16.5. The molecule has 190 valence electrons. The van der Waals surface area contributed by atoms with Crippen LogP contribution in [0.4, 0.5) is 10.1 Å². The molecule has 0 bridgehead atoms. The second-order valence-electron chi connectivity index (χ2n) is 9.18. The van der Waals surface area contributed by atoms with Crippen molar-refractivity contribution < 1.29 is 22.3 Å². The molecule has 1 aliphatic rings. The van der Waals surface area contributed by atoms with E-state index >= 15 is 0 Å². The number of hydrogen-bond acceptors (Lipinski definition) is 4. The van der Waals surface area contributed by atoms with Gasteiger partial charge in [-0.1, -0.05) is 56.3 Å². The Kier molecular flexibility index (Phi) is 7.36. The molecule has 1 heterocycles. The van der Waals surface area contributed by atoms with Gasteiger partial charge in [-0.25, -0.2) is 12.8 Å². The molecule has 0 unspecified atom stereocenters. The summed E-state index contributed by atoms with van der Waals surface area (Å²) in [5.74, 6) is -0.0496. The fourth-order valence-electron chi connectivity index (χ4n) is 4.63. The number of amides is 1. The molecule has 0 saturated carbocycles. The number of para-hydroxylation sites is 2. The standard InChI is InChI=1S/C28H31FN2O4S/c1-4-28(5-2)18-24(22-10-6-9-13-26(22)35-28)30-27(32)21-16-14-20(15-17-21)19-31(36(3,33)34)25-12-8-7-11-23(25)29/h6-17,24H,4-5,18-19H2,1-3H3,(H,30,32)/t24-/m0/s1. The molecule has 0 aliphatic carbocycles. The van der Waals surface area contributed by atoms with Crippen molar-refractivity contribution in [2.24, 2.45) is 0 Å². The van der Waals surface area contributed by atoms with Gasteiger partial charge in [0.05, 0.1) is 24.5 Å². The lowest BCUT2D eigenvalue weighted by molar-refractivity contribution is 0.0227. The zero-order valence-electron chi connectivity index (χ0n) is 20.7. The number of benzene rings is 3. The van der Waals surface area contributed by atoms with Crippen molar-refractivity contribution in [3.8, 4) is 5.75 Å². The maximum atomic E-state index is 14.3. The van der Waals surface area contributed by atoms with E-state index in [4.69, 9.17) is 4.74 Å². The Hall–Kier alpha value is -3.39. The minimum Gasteiger partial charge on any atom is -0.487 e. The molecular weight excluding hydrogens is 479 g/mol. The summed E-state index contributed by atoms with van der Waals surface area (Å²) >= 11 is 0. The summed E-state index contributed by atoms with van der Waals surface area (Å²) in [6, 6.07) is 20.0. The lowest BCUT2D eigenvalue weighted by Gasteiger charge is -2.41. The molecule has 8 heteroatoms. The quantitative estimate of drug-likeness (QED) is 0.428. The predicted molar refractivity (Wildman–Crippen MR) is 139 cm³/mol. The summed E-state index contributed by atoms with van der Waals surface area (Å²) in [5, 5.41) is 3.16. The maximum absolute atomic E-state index is 14.3. The zero-order valence-corrected chi connectivity index (χ0v) is 21.5. The van der Waals surface area contributed by atoms with Crippen LogP contribution in [0.1, 0.15) is 60.6 Å². The lowest BCUT2D eigenvalue weighted by Crippen LogP contribution is -2.44. The van der Waals surface area contributed by atoms with Crippen LogP contribution in [0.3, 0.4) is 0 Å². The van der Waals surface area contributed by atoms with E-state index in [0.29, 0.717) is 17.5 Å². The largest absolute Gasteiger partial charge is 0.487 e. The highest BCUT2D eigenvalue weighted by atomic mass is 32.2. The predicted octanol–water partition coefficient (Wildman–Crippen LogP) is 5.60. The molecule has 1 N–H and O–H groups in total. The SMILES string of the molecule is CCC1(CC)C[C@H](NC(=O)c2ccc(CN(c3ccccc3F)S(C)(=O)=O)cc2)c2ccccc2O1. The van der Waals surface area contributed by atoms with Crippen LogP contribution in [0.15, 0.2) is 72.8 Å². The maximum Gasteiger partial charge on any atom is 0.251 e. The van der Waals surface area contributed by atoms with Crippen LogP contribution >= 0.6 is 0 Å². The zero-order chi connectivity index (χ0) is 25.9. The second kappa shape index (κ2) is 10.3. The van der Waals surface area contributed by atoms with E-state index in [-0.39, 0.29) is 29.8 Å². The van der Waals surface area contributed by atoms with E-state index in [0.717, 1.165) is 34.7 Å². The molecule has 0 saturated heterocycles. The van der Waals surface area contributed by atoms with E-state index in [9.17, 15) is 17.6 Å². The van der Waals surface area contributed by atoms with Gasteiger partial charge in [-0.3, -0.25) is 9.10 Å². The van der Waals surface area contributed by atoms with Crippen molar-refractivity contribution >= 4 is 21.6 Å². The van der Waals surface area contributed by atoms with Crippen LogP contribution in [0.5, 0.6) is 5.75 Å². The van der Waals surface area contributed by atoms with Crippen LogP contribution in [-0.2, 0) is 16.6 Å². The van der Waals surface area contributed by atoms with Gasteiger partial charge in [-0.05, 0) is 48.7 Å². The number of halogens is 1. The molecular formula is C28H31FN2O4S. The van der Waals surface area contributed by atoms with Crippen LogP contribution in [0.2, 0.25) is 0 Å². The first-order valence-corrected chi connectivity index (χ1v) is 13.9.